The van der Waals surface area contributed by atoms with Crippen LogP contribution in [0, 0.1) is 6.92 Å². The highest BCUT2D eigenvalue weighted by Crippen LogP contribution is 2.45. The number of halogens is 1. The van der Waals surface area contributed by atoms with Crippen LogP contribution in [0.3, 0.4) is 0 Å². The molecule has 4 heteroatoms. The topological polar surface area (TPSA) is 44.5 Å². The molecule has 19 heavy (non-hydrogen) atoms. The molecule has 0 saturated heterocycles. The van der Waals surface area contributed by atoms with Gasteiger partial charge in [0, 0.05) is 5.54 Å². The highest BCUT2D eigenvalue weighted by Gasteiger charge is 2.33. The maximum absolute atomic E-state index is 6.65. The van der Waals surface area contributed by atoms with Crippen molar-refractivity contribution in [1.82, 2.24) is 0 Å². The highest BCUT2D eigenvalue weighted by atomic mass is 79.9. The lowest BCUT2D eigenvalue weighted by atomic mass is 9.76. The van der Waals surface area contributed by atoms with E-state index in [2.05, 4.69) is 22.9 Å². The van der Waals surface area contributed by atoms with Crippen molar-refractivity contribution >= 4 is 15.9 Å². The summed E-state index contributed by atoms with van der Waals surface area (Å²) >= 11 is 3.61. The Bertz CT molecular complexity index is 468. The van der Waals surface area contributed by atoms with Crippen LogP contribution in [0.25, 0.3) is 0 Å². The number of hydrogen-bond acceptors (Lipinski definition) is 3. The van der Waals surface area contributed by atoms with E-state index in [9.17, 15) is 0 Å². The zero-order chi connectivity index (χ0) is 14.0. The molecular formula is C15H22BrNO2. The van der Waals surface area contributed by atoms with Crippen molar-refractivity contribution in [1.29, 1.82) is 0 Å². The molecule has 0 aromatic heterocycles. The number of rotatable bonds is 3. The fourth-order valence-electron chi connectivity index (χ4n) is 3.01. The molecule has 2 N–H and O–H groups in total. The van der Waals surface area contributed by atoms with Crippen LogP contribution in [0.4, 0.5) is 0 Å². The van der Waals surface area contributed by atoms with E-state index in [0.29, 0.717) is 0 Å². The van der Waals surface area contributed by atoms with Gasteiger partial charge in [-0.15, -0.1) is 0 Å². The molecule has 1 aliphatic rings. The quantitative estimate of drug-likeness (QED) is 0.915. The van der Waals surface area contributed by atoms with Gasteiger partial charge < -0.3 is 15.2 Å². The molecule has 106 valence electrons. The third-order valence-corrected chi connectivity index (χ3v) is 5.09. The maximum Gasteiger partial charge on any atom is 0.175 e. The molecular weight excluding hydrogens is 306 g/mol. The van der Waals surface area contributed by atoms with E-state index >= 15 is 0 Å². The van der Waals surface area contributed by atoms with Crippen LogP contribution >= 0.6 is 15.9 Å². The number of methoxy groups -OCH3 is 2. The van der Waals surface area contributed by atoms with Gasteiger partial charge >= 0.3 is 0 Å². The van der Waals surface area contributed by atoms with E-state index < -0.39 is 0 Å². The first-order valence-corrected chi connectivity index (χ1v) is 7.53. The first-order valence-electron chi connectivity index (χ1n) is 6.74. The molecule has 1 aromatic rings. The first kappa shape index (κ1) is 14.7. The zero-order valence-corrected chi connectivity index (χ0v) is 13.5. The van der Waals surface area contributed by atoms with E-state index in [1.54, 1.807) is 14.2 Å². The Morgan fingerprint density at radius 3 is 2.32 bits per heavy atom. The monoisotopic (exact) mass is 327 g/mol. The lowest BCUT2D eigenvalue weighted by molar-refractivity contribution is 0.297. The summed E-state index contributed by atoms with van der Waals surface area (Å²) in [7, 11) is 3.31. The maximum atomic E-state index is 6.65. The van der Waals surface area contributed by atoms with Gasteiger partial charge in [0.05, 0.1) is 18.7 Å². The molecule has 2 rings (SSSR count). The fraction of sp³-hybridized carbons (Fsp3) is 0.600. The van der Waals surface area contributed by atoms with Crippen LogP contribution < -0.4 is 15.2 Å². The smallest absolute Gasteiger partial charge is 0.175 e. The van der Waals surface area contributed by atoms with E-state index in [0.717, 1.165) is 34.4 Å². The van der Waals surface area contributed by atoms with Crippen molar-refractivity contribution in [3.63, 3.8) is 0 Å². The number of hydrogen-bond donors (Lipinski definition) is 1. The summed E-state index contributed by atoms with van der Waals surface area (Å²) in [6.45, 7) is 2.09. The molecule has 1 aliphatic carbocycles. The molecule has 0 radical (unpaired) electrons. The van der Waals surface area contributed by atoms with Gasteiger partial charge in [-0.2, -0.15) is 0 Å². The van der Waals surface area contributed by atoms with Crippen LogP contribution in [0.5, 0.6) is 11.5 Å². The number of benzene rings is 1. The first-order chi connectivity index (χ1) is 9.03. The molecule has 0 aliphatic heterocycles. The minimum atomic E-state index is -0.232. The SMILES string of the molecule is COc1cc(C2(N)CCCCC2)c(C)c(Br)c1OC. The highest BCUT2D eigenvalue weighted by molar-refractivity contribution is 9.10. The van der Waals surface area contributed by atoms with Crippen LogP contribution in [-0.2, 0) is 5.54 Å². The number of nitrogens with two attached hydrogens (primary N) is 1. The van der Waals surface area contributed by atoms with Gasteiger partial charge in [-0.1, -0.05) is 19.3 Å². The number of ether oxygens (including phenoxy) is 2. The molecule has 0 bridgehead atoms. The Kier molecular flexibility index (Phi) is 4.41. The summed E-state index contributed by atoms with van der Waals surface area (Å²) in [5.41, 5.74) is 8.75. The molecule has 0 amide bonds. The molecule has 3 nitrogen and oxygen atoms in total. The van der Waals surface area contributed by atoms with Crippen LogP contribution in [0.2, 0.25) is 0 Å². The summed E-state index contributed by atoms with van der Waals surface area (Å²) in [4.78, 5) is 0. The van der Waals surface area contributed by atoms with E-state index in [-0.39, 0.29) is 5.54 Å². The zero-order valence-electron chi connectivity index (χ0n) is 11.9. The van der Waals surface area contributed by atoms with Crippen LogP contribution in [0.15, 0.2) is 10.5 Å². The van der Waals surface area contributed by atoms with Gasteiger partial charge in [-0.25, -0.2) is 0 Å². The molecule has 0 spiro atoms. The molecule has 1 saturated carbocycles. The molecule has 1 fully saturated rings. The van der Waals surface area contributed by atoms with Gasteiger partial charge in [0.25, 0.3) is 0 Å². The van der Waals surface area contributed by atoms with Gasteiger partial charge in [0.1, 0.15) is 0 Å². The molecule has 0 unspecified atom stereocenters. The molecule has 0 atom stereocenters. The Morgan fingerprint density at radius 1 is 1.16 bits per heavy atom. The second-order valence-corrected chi connectivity index (χ2v) is 6.11. The second-order valence-electron chi connectivity index (χ2n) is 5.32. The van der Waals surface area contributed by atoms with Gasteiger partial charge in [-0.3, -0.25) is 0 Å². The van der Waals surface area contributed by atoms with Crippen molar-refractivity contribution in [3.8, 4) is 11.5 Å². The Labute approximate surface area is 123 Å². The summed E-state index contributed by atoms with van der Waals surface area (Å²) in [5.74, 6) is 1.48. The standard InChI is InChI=1S/C15H22BrNO2/c1-10-11(15(17)7-5-4-6-8-15)9-12(18-2)14(19-3)13(10)16/h9H,4-8,17H2,1-3H3. The summed E-state index contributed by atoms with van der Waals surface area (Å²) in [6, 6.07) is 2.05. The van der Waals surface area contributed by atoms with Crippen molar-refractivity contribution in [2.24, 2.45) is 5.73 Å². The van der Waals surface area contributed by atoms with E-state index in [1.165, 1.54) is 24.8 Å². The minimum Gasteiger partial charge on any atom is -0.493 e. The lowest BCUT2D eigenvalue weighted by Gasteiger charge is -2.36. The molecule has 0 heterocycles. The summed E-state index contributed by atoms with van der Waals surface area (Å²) in [6.07, 6.45) is 5.75. The third kappa shape index (κ3) is 2.61. The predicted molar refractivity (Wildman–Crippen MR) is 80.9 cm³/mol. The van der Waals surface area contributed by atoms with Gasteiger partial charge in [0.15, 0.2) is 11.5 Å². The van der Waals surface area contributed by atoms with Gasteiger partial charge in [0.2, 0.25) is 0 Å². The normalized spacial score (nSPS) is 18.2. The van der Waals surface area contributed by atoms with Crippen molar-refractivity contribution < 1.29 is 9.47 Å². The van der Waals surface area contributed by atoms with Crippen molar-refractivity contribution in [2.45, 2.75) is 44.6 Å². The van der Waals surface area contributed by atoms with Crippen molar-refractivity contribution in [2.75, 3.05) is 14.2 Å². The second kappa shape index (κ2) is 5.71. The Balaban J connectivity index is 2.54. The van der Waals surface area contributed by atoms with E-state index in [1.807, 2.05) is 6.07 Å². The molecule has 1 aromatic carbocycles. The fourth-order valence-corrected chi connectivity index (χ4v) is 3.58. The largest absolute Gasteiger partial charge is 0.493 e. The summed E-state index contributed by atoms with van der Waals surface area (Å²) < 4.78 is 11.8. The van der Waals surface area contributed by atoms with Crippen LogP contribution in [-0.4, -0.2) is 14.2 Å². The van der Waals surface area contributed by atoms with Gasteiger partial charge in [-0.05, 0) is 52.9 Å². The summed E-state index contributed by atoms with van der Waals surface area (Å²) in [5, 5.41) is 0. The van der Waals surface area contributed by atoms with E-state index in [4.69, 9.17) is 15.2 Å². The average molecular weight is 328 g/mol. The third-order valence-electron chi connectivity index (χ3n) is 4.14. The minimum absolute atomic E-state index is 0.232. The van der Waals surface area contributed by atoms with Crippen molar-refractivity contribution in [3.05, 3.63) is 21.7 Å². The Morgan fingerprint density at radius 2 is 1.79 bits per heavy atom. The average Bonchev–Trinajstić information content (AvgIpc) is 2.42. The van der Waals surface area contributed by atoms with Crippen LogP contribution in [0.1, 0.15) is 43.2 Å². The Hall–Kier alpha value is -0.740. The predicted octanol–water partition coefficient (Wildman–Crippen LogP) is 3.89. The lowest BCUT2D eigenvalue weighted by Crippen LogP contribution is -2.39.